The molecule has 0 saturated carbocycles. The summed E-state index contributed by atoms with van der Waals surface area (Å²) in [6, 6.07) is 24.0. The van der Waals surface area contributed by atoms with Crippen LogP contribution in [0, 0.1) is 6.92 Å². The van der Waals surface area contributed by atoms with Gasteiger partial charge < -0.3 is 4.74 Å². The van der Waals surface area contributed by atoms with E-state index >= 15 is 0 Å². The van der Waals surface area contributed by atoms with Crippen LogP contribution in [0.2, 0.25) is 0 Å². The highest BCUT2D eigenvalue weighted by Crippen LogP contribution is 2.45. The van der Waals surface area contributed by atoms with E-state index in [1.54, 1.807) is 0 Å². The Bertz CT molecular complexity index is 894. The predicted molar refractivity (Wildman–Crippen MR) is 113 cm³/mol. The number of fused-ring (bicyclic) bond motifs is 1. The largest absolute Gasteiger partial charge is 0.493 e. The lowest BCUT2D eigenvalue weighted by molar-refractivity contribution is 0.353. The molecule has 0 N–H and O–H groups in total. The van der Waals surface area contributed by atoms with Crippen molar-refractivity contribution in [3.8, 4) is 5.75 Å². The molecule has 1 aliphatic rings. The van der Waals surface area contributed by atoms with E-state index in [0.29, 0.717) is 0 Å². The fourth-order valence-electron chi connectivity index (χ4n) is 4.40. The van der Waals surface area contributed by atoms with Gasteiger partial charge in [0.05, 0.1) is 6.61 Å². The zero-order chi connectivity index (χ0) is 19.0. The average Bonchev–Trinajstić information content (AvgIpc) is 3.15. The first kappa shape index (κ1) is 17.9. The van der Waals surface area contributed by atoms with E-state index in [4.69, 9.17) is 4.74 Å². The maximum absolute atomic E-state index is 6.20. The zero-order valence-electron chi connectivity index (χ0n) is 16.8. The Kier molecular flexibility index (Phi) is 4.55. The van der Waals surface area contributed by atoms with E-state index in [9.17, 15) is 0 Å². The Labute approximate surface area is 163 Å². The van der Waals surface area contributed by atoms with Gasteiger partial charge in [-0.05, 0) is 34.6 Å². The Balaban J connectivity index is 2.00. The molecule has 0 fully saturated rings. The fourth-order valence-corrected chi connectivity index (χ4v) is 4.40. The SMILES string of the molecule is Cc1c(C(C)(C)C)cc(C(c2ccccc2)c2ccccc2)c2c1CCO2. The second-order valence-corrected chi connectivity index (χ2v) is 8.55. The summed E-state index contributed by atoms with van der Waals surface area (Å²) in [6.07, 6.45) is 1.01. The Hall–Kier alpha value is -2.54. The molecular weight excluding hydrogens is 328 g/mol. The van der Waals surface area contributed by atoms with Crippen LogP contribution < -0.4 is 4.74 Å². The van der Waals surface area contributed by atoms with Gasteiger partial charge in [-0.25, -0.2) is 0 Å². The van der Waals surface area contributed by atoms with Crippen LogP contribution in [0.4, 0.5) is 0 Å². The molecule has 0 aromatic heterocycles. The van der Waals surface area contributed by atoms with Crippen LogP contribution >= 0.6 is 0 Å². The number of ether oxygens (including phenoxy) is 1. The summed E-state index contributed by atoms with van der Waals surface area (Å²) in [5.74, 6) is 1.29. The van der Waals surface area contributed by atoms with Crippen LogP contribution in [0.5, 0.6) is 5.75 Å². The molecule has 3 aromatic carbocycles. The van der Waals surface area contributed by atoms with Crippen LogP contribution in [0.15, 0.2) is 66.7 Å². The molecule has 0 spiro atoms. The minimum absolute atomic E-state index is 0.106. The number of benzene rings is 3. The van der Waals surface area contributed by atoms with Gasteiger partial charge in [0, 0.05) is 23.5 Å². The summed E-state index contributed by atoms with van der Waals surface area (Å²) in [6.45, 7) is 9.97. The van der Waals surface area contributed by atoms with Crippen molar-refractivity contribution < 1.29 is 4.74 Å². The smallest absolute Gasteiger partial charge is 0.127 e. The van der Waals surface area contributed by atoms with E-state index in [2.05, 4.69) is 94.4 Å². The number of rotatable bonds is 3. The second kappa shape index (κ2) is 6.88. The highest BCUT2D eigenvalue weighted by atomic mass is 16.5. The van der Waals surface area contributed by atoms with Gasteiger partial charge in [-0.15, -0.1) is 0 Å². The second-order valence-electron chi connectivity index (χ2n) is 8.55. The summed E-state index contributed by atoms with van der Waals surface area (Å²) < 4.78 is 6.20. The third kappa shape index (κ3) is 3.27. The lowest BCUT2D eigenvalue weighted by Crippen LogP contribution is -2.16. The van der Waals surface area contributed by atoms with Crippen molar-refractivity contribution >= 4 is 0 Å². The molecule has 27 heavy (non-hydrogen) atoms. The van der Waals surface area contributed by atoms with Gasteiger partial charge in [-0.3, -0.25) is 0 Å². The predicted octanol–water partition coefficient (Wildman–Crippen LogP) is 6.41. The van der Waals surface area contributed by atoms with Gasteiger partial charge in [-0.2, -0.15) is 0 Å². The lowest BCUT2D eigenvalue weighted by atomic mass is 9.76. The molecule has 0 atom stereocenters. The molecule has 0 radical (unpaired) electrons. The van der Waals surface area contributed by atoms with Gasteiger partial charge >= 0.3 is 0 Å². The third-order valence-electron chi connectivity index (χ3n) is 5.68. The topological polar surface area (TPSA) is 9.23 Å². The maximum Gasteiger partial charge on any atom is 0.127 e. The summed E-state index contributed by atoms with van der Waals surface area (Å²) in [5, 5.41) is 0. The molecule has 0 aliphatic carbocycles. The summed E-state index contributed by atoms with van der Waals surface area (Å²) in [7, 11) is 0. The molecule has 1 aliphatic heterocycles. The highest BCUT2D eigenvalue weighted by Gasteiger charge is 2.30. The minimum Gasteiger partial charge on any atom is -0.493 e. The zero-order valence-corrected chi connectivity index (χ0v) is 16.8. The minimum atomic E-state index is 0.106. The van der Waals surface area contributed by atoms with Crippen molar-refractivity contribution in [2.75, 3.05) is 6.61 Å². The van der Waals surface area contributed by atoms with Crippen LogP contribution in [0.25, 0.3) is 0 Å². The first-order valence-electron chi connectivity index (χ1n) is 9.86. The third-order valence-corrected chi connectivity index (χ3v) is 5.68. The van der Waals surface area contributed by atoms with Gasteiger partial charge in [-0.1, -0.05) is 87.5 Å². The van der Waals surface area contributed by atoms with Gasteiger partial charge in [0.1, 0.15) is 5.75 Å². The average molecular weight is 357 g/mol. The monoisotopic (exact) mass is 356 g/mol. The highest BCUT2D eigenvalue weighted by molar-refractivity contribution is 5.59. The van der Waals surface area contributed by atoms with Gasteiger partial charge in [0.25, 0.3) is 0 Å². The molecule has 138 valence electrons. The molecule has 0 bridgehead atoms. The van der Waals surface area contributed by atoms with E-state index in [1.807, 2.05) is 0 Å². The molecule has 1 heteroatoms. The van der Waals surface area contributed by atoms with Gasteiger partial charge in [0.15, 0.2) is 0 Å². The van der Waals surface area contributed by atoms with E-state index in [0.717, 1.165) is 18.8 Å². The van der Waals surface area contributed by atoms with E-state index in [1.165, 1.54) is 33.4 Å². The van der Waals surface area contributed by atoms with Crippen molar-refractivity contribution in [3.63, 3.8) is 0 Å². The molecule has 4 rings (SSSR count). The first-order valence-corrected chi connectivity index (χ1v) is 9.86. The van der Waals surface area contributed by atoms with E-state index in [-0.39, 0.29) is 11.3 Å². The van der Waals surface area contributed by atoms with Crippen LogP contribution in [0.1, 0.15) is 60.1 Å². The van der Waals surface area contributed by atoms with Crippen molar-refractivity contribution in [2.45, 2.75) is 45.4 Å². The normalized spacial score (nSPS) is 13.5. The van der Waals surface area contributed by atoms with Crippen molar-refractivity contribution in [1.82, 2.24) is 0 Å². The van der Waals surface area contributed by atoms with Crippen molar-refractivity contribution in [2.24, 2.45) is 0 Å². The Morgan fingerprint density at radius 2 is 1.41 bits per heavy atom. The van der Waals surface area contributed by atoms with Crippen molar-refractivity contribution in [3.05, 3.63) is 100 Å². The van der Waals surface area contributed by atoms with E-state index < -0.39 is 0 Å². The fraction of sp³-hybridized carbons (Fsp3) is 0.308. The standard InChI is InChI=1S/C26H28O/c1-18-21-15-16-27-25(21)22(17-23(18)26(2,3)4)24(19-11-7-5-8-12-19)20-13-9-6-10-14-20/h5-14,17,24H,15-16H2,1-4H3. The Morgan fingerprint density at radius 1 is 0.852 bits per heavy atom. The maximum atomic E-state index is 6.20. The first-order chi connectivity index (χ1) is 13.0. The molecule has 1 nitrogen and oxygen atoms in total. The molecule has 1 heterocycles. The lowest BCUT2D eigenvalue weighted by Gasteiger charge is -2.28. The van der Waals surface area contributed by atoms with Gasteiger partial charge in [0.2, 0.25) is 0 Å². The molecule has 0 amide bonds. The molecule has 0 unspecified atom stereocenters. The number of hydrogen-bond acceptors (Lipinski definition) is 1. The van der Waals surface area contributed by atoms with Crippen LogP contribution in [-0.4, -0.2) is 6.61 Å². The van der Waals surface area contributed by atoms with Crippen LogP contribution in [0.3, 0.4) is 0 Å². The Morgan fingerprint density at radius 3 is 1.93 bits per heavy atom. The van der Waals surface area contributed by atoms with Crippen LogP contribution in [-0.2, 0) is 11.8 Å². The summed E-state index contributed by atoms with van der Waals surface area (Å²) in [5.41, 5.74) is 8.26. The summed E-state index contributed by atoms with van der Waals surface area (Å²) >= 11 is 0. The molecular formula is C26H28O. The molecule has 0 saturated heterocycles. The summed E-state index contributed by atoms with van der Waals surface area (Å²) in [4.78, 5) is 0. The quantitative estimate of drug-likeness (QED) is 0.493. The van der Waals surface area contributed by atoms with Crippen molar-refractivity contribution in [1.29, 1.82) is 0 Å². The number of hydrogen-bond donors (Lipinski definition) is 0. The molecule has 3 aromatic rings.